The highest BCUT2D eigenvalue weighted by atomic mass is 16.5. The molecule has 3 heteroatoms. The largest absolute Gasteiger partial charge is 0.493 e. The van der Waals surface area contributed by atoms with Crippen LogP contribution in [0.25, 0.3) is 0 Å². The number of rotatable bonds is 7. The fourth-order valence-electron chi connectivity index (χ4n) is 2.50. The van der Waals surface area contributed by atoms with E-state index in [1.54, 1.807) is 0 Å². The standard InChI is InChI=1S/C17H26O3/c1-2-3-7-17(18)15-5-4-6-16(12-15)20-13-14-8-10-19-11-9-14/h4-6,12,14,17-18H,2-3,7-11,13H2,1H3/t17-/m1/s1. The Morgan fingerprint density at radius 1 is 1.35 bits per heavy atom. The summed E-state index contributed by atoms with van der Waals surface area (Å²) in [5.74, 6) is 1.46. The van der Waals surface area contributed by atoms with Crippen molar-refractivity contribution < 1.29 is 14.6 Å². The van der Waals surface area contributed by atoms with Gasteiger partial charge >= 0.3 is 0 Å². The van der Waals surface area contributed by atoms with Gasteiger partial charge < -0.3 is 14.6 Å². The lowest BCUT2D eigenvalue weighted by Gasteiger charge is -2.22. The fourth-order valence-corrected chi connectivity index (χ4v) is 2.50. The molecule has 0 aromatic heterocycles. The molecule has 0 radical (unpaired) electrons. The predicted octanol–water partition coefficient (Wildman–Crippen LogP) is 3.72. The Bertz CT molecular complexity index is 386. The van der Waals surface area contributed by atoms with Crippen LogP contribution in [0.4, 0.5) is 0 Å². The molecule has 1 N–H and O–H groups in total. The Labute approximate surface area is 121 Å². The maximum Gasteiger partial charge on any atom is 0.119 e. The average Bonchev–Trinajstić information content (AvgIpc) is 2.52. The van der Waals surface area contributed by atoms with Gasteiger partial charge in [0.05, 0.1) is 12.7 Å². The van der Waals surface area contributed by atoms with Crippen molar-refractivity contribution in [2.75, 3.05) is 19.8 Å². The molecular weight excluding hydrogens is 252 g/mol. The number of ether oxygens (including phenoxy) is 2. The van der Waals surface area contributed by atoms with E-state index in [1.165, 1.54) is 0 Å². The zero-order chi connectivity index (χ0) is 14.2. The summed E-state index contributed by atoms with van der Waals surface area (Å²) in [5.41, 5.74) is 0.961. The van der Waals surface area contributed by atoms with Gasteiger partial charge in [0, 0.05) is 13.2 Å². The summed E-state index contributed by atoms with van der Waals surface area (Å²) in [6.45, 7) is 4.59. The Morgan fingerprint density at radius 2 is 2.15 bits per heavy atom. The Hall–Kier alpha value is -1.06. The Morgan fingerprint density at radius 3 is 2.90 bits per heavy atom. The second-order valence-electron chi connectivity index (χ2n) is 5.60. The lowest BCUT2D eigenvalue weighted by atomic mass is 10.0. The molecule has 1 aromatic rings. The van der Waals surface area contributed by atoms with Crippen molar-refractivity contribution in [2.45, 2.75) is 45.1 Å². The van der Waals surface area contributed by atoms with Gasteiger partial charge in [-0.05, 0) is 42.9 Å². The molecule has 0 spiro atoms. The lowest BCUT2D eigenvalue weighted by Crippen LogP contribution is -2.21. The smallest absolute Gasteiger partial charge is 0.119 e. The SMILES string of the molecule is CCCC[C@@H](O)c1cccc(OCC2CCOCC2)c1. The highest BCUT2D eigenvalue weighted by molar-refractivity contribution is 5.29. The minimum Gasteiger partial charge on any atom is -0.493 e. The van der Waals surface area contributed by atoms with E-state index in [0.29, 0.717) is 5.92 Å². The van der Waals surface area contributed by atoms with Crippen LogP contribution in [-0.4, -0.2) is 24.9 Å². The van der Waals surface area contributed by atoms with Crippen LogP contribution in [0, 0.1) is 5.92 Å². The summed E-state index contributed by atoms with van der Waals surface area (Å²) in [6, 6.07) is 7.88. The van der Waals surface area contributed by atoms with Gasteiger partial charge in [-0.2, -0.15) is 0 Å². The van der Waals surface area contributed by atoms with Crippen molar-refractivity contribution in [1.29, 1.82) is 0 Å². The zero-order valence-corrected chi connectivity index (χ0v) is 12.4. The summed E-state index contributed by atoms with van der Waals surface area (Å²) >= 11 is 0. The van der Waals surface area contributed by atoms with E-state index >= 15 is 0 Å². The van der Waals surface area contributed by atoms with Crippen molar-refractivity contribution in [2.24, 2.45) is 5.92 Å². The first-order valence-corrected chi connectivity index (χ1v) is 7.78. The van der Waals surface area contributed by atoms with Crippen LogP contribution >= 0.6 is 0 Å². The molecule has 1 atom stereocenters. The van der Waals surface area contributed by atoms with E-state index in [2.05, 4.69) is 6.92 Å². The molecule has 1 heterocycles. The van der Waals surface area contributed by atoms with E-state index in [9.17, 15) is 5.11 Å². The van der Waals surface area contributed by atoms with Gasteiger partial charge in [-0.25, -0.2) is 0 Å². The van der Waals surface area contributed by atoms with Crippen molar-refractivity contribution in [3.05, 3.63) is 29.8 Å². The molecule has 20 heavy (non-hydrogen) atoms. The monoisotopic (exact) mass is 278 g/mol. The average molecular weight is 278 g/mol. The molecule has 3 nitrogen and oxygen atoms in total. The molecule has 1 fully saturated rings. The molecule has 1 aliphatic rings. The van der Waals surface area contributed by atoms with Gasteiger partial charge in [0.1, 0.15) is 5.75 Å². The maximum absolute atomic E-state index is 10.1. The van der Waals surface area contributed by atoms with Crippen LogP contribution in [0.3, 0.4) is 0 Å². The van der Waals surface area contributed by atoms with Crippen LogP contribution in [0.5, 0.6) is 5.75 Å². The summed E-state index contributed by atoms with van der Waals surface area (Å²) < 4.78 is 11.2. The first kappa shape index (κ1) is 15.3. The van der Waals surface area contributed by atoms with Gasteiger partial charge in [0.2, 0.25) is 0 Å². The van der Waals surface area contributed by atoms with Crippen molar-refractivity contribution in [1.82, 2.24) is 0 Å². The first-order chi connectivity index (χ1) is 9.79. The van der Waals surface area contributed by atoms with E-state index in [-0.39, 0.29) is 6.10 Å². The second-order valence-corrected chi connectivity index (χ2v) is 5.60. The van der Waals surface area contributed by atoms with E-state index in [1.807, 2.05) is 24.3 Å². The highest BCUT2D eigenvalue weighted by Crippen LogP contribution is 2.24. The molecular formula is C17H26O3. The molecule has 1 aliphatic heterocycles. The van der Waals surface area contributed by atoms with Crippen LogP contribution in [0.15, 0.2) is 24.3 Å². The molecule has 0 unspecified atom stereocenters. The van der Waals surface area contributed by atoms with Crippen LogP contribution in [-0.2, 0) is 4.74 Å². The van der Waals surface area contributed by atoms with Gasteiger partial charge in [0.15, 0.2) is 0 Å². The second kappa shape index (κ2) is 8.28. The number of hydrogen-bond acceptors (Lipinski definition) is 3. The quantitative estimate of drug-likeness (QED) is 0.826. The molecule has 0 aliphatic carbocycles. The molecule has 2 rings (SSSR count). The first-order valence-electron chi connectivity index (χ1n) is 7.78. The molecule has 0 bridgehead atoms. The summed E-state index contributed by atoms with van der Waals surface area (Å²) in [4.78, 5) is 0. The number of aliphatic hydroxyl groups excluding tert-OH is 1. The van der Waals surface area contributed by atoms with Crippen molar-refractivity contribution in [3.8, 4) is 5.75 Å². The minimum absolute atomic E-state index is 0.374. The van der Waals surface area contributed by atoms with E-state index in [4.69, 9.17) is 9.47 Å². The number of aliphatic hydroxyl groups is 1. The molecule has 0 amide bonds. The zero-order valence-electron chi connectivity index (χ0n) is 12.4. The molecule has 1 saturated heterocycles. The van der Waals surface area contributed by atoms with Gasteiger partial charge in [-0.3, -0.25) is 0 Å². The van der Waals surface area contributed by atoms with Crippen LogP contribution in [0.1, 0.15) is 50.7 Å². The number of hydrogen-bond donors (Lipinski definition) is 1. The summed E-state index contributed by atoms with van der Waals surface area (Å²) in [6.07, 6.45) is 4.77. The lowest BCUT2D eigenvalue weighted by molar-refractivity contribution is 0.0497. The topological polar surface area (TPSA) is 38.7 Å². The third-order valence-electron chi connectivity index (χ3n) is 3.90. The third-order valence-corrected chi connectivity index (χ3v) is 3.90. The molecule has 112 valence electrons. The summed E-state index contributed by atoms with van der Waals surface area (Å²) in [5, 5.41) is 10.1. The minimum atomic E-state index is -0.374. The summed E-state index contributed by atoms with van der Waals surface area (Å²) in [7, 11) is 0. The Balaban J connectivity index is 1.85. The van der Waals surface area contributed by atoms with Gasteiger partial charge in [-0.1, -0.05) is 31.9 Å². The maximum atomic E-state index is 10.1. The van der Waals surface area contributed by atoms with Crippen molar-refractivity contribution in [3.63, 3.8) is 0 Å². The number of benzene rings is 1. The van der Waals surface area contributed by atoms with Gasteiger partial charge in [0.25, 0.3) is 0 Å². The van der Waals surface area contributed by atoms with Crippen LogP contribution < -0.4 is 4.74 Å². The van der Waals surface area contributed by atoms with E-state index < -0.39 is 0 Å². The number of unbranched alkanes of at least 4 members (excludes halogenated alkanes) is 1. The highest BCUT2D eigenvalue weighted by Gasteiger charge is 2.14. The normalized spacial score (nSPS) is 17.9. The van der Waals surface area contributed by atoms with Crippen molar-refractivity contribution >= 4 is 0 Å². The fraction of sp³-hybridized carbons (Fsp3) is 0.647. The third kappa shape index (κ3) is 4.80. The van der Waals surface area contributed by atoms with Gasteiger partial charge in [-0.15, -0.1) is 0 Å². The van der Waals surface area contributed by atoms with E-state index in [0.717, 1.165) is 63.2 Å². The molecule has 0 saturated carbocycles. The van der Waals surface area contributed by atoms with Crippen LogP contribution in [0.2, 0.25) is 0 Å². The predicted molar refractivity (Wildman–Crippen MR) is 80.0 cm³/mol. The molecule has 1 aromatic carbocycles. The Kier molecular flexibility index (Phi) is 6.34.